The van der Waals surface area contributed by atoms with E-state index < -0.39 is 0 Å². The van der Waals surface area contributed by atoms with Crippen molar-refractivity contribution in [3.63, 3.8) is 0 Å². The third kappa shape index (κ3) is 4.22. The summed E-state index contributed by atoms with van der Waals surface area (Å²) in [6.07, 6.45) is 8.22. The molecule has 0 spiro atoms. The molecule has 1 fully saturated rings. The number of cyclic esters (lactones) is 1. The van der Waals surface area contributed by atoms with Gasteiger partial charge in [-0.2, -0.15) is 0 Å². The number of carbonyl (C=O) groups excluding carboxylic acids is 1. The topological polar surface area (TPSA) is 38.3 Å². The van der Waals surface area contributed by atoms with Crippen molar-refractivity contribution in [3.8, 4) is 0 Å². The van der Waals surface area contributed by atoms with Gasteiger partial charge in [0.15, 0.2) is 0 Å². The maximum atomic E-state index is 10.8. The van der Waals surface area contributed by atoms with Gasteiger partial charge in [-0.15, -0.1) is 5.73 Å². The molecule has 1 aliphatic rings. The normalized spacial score (nSPS) is 24.0. The average molecular weight is 209 g/mol. The first-order chi connectivity index (χ1) is 7.24. The van der Waals surface area contributed by atoms with E-state index in [9.17, 15) is 4.79 Å². The first-order valence-corrected chi connectivity index (χ1v) is 5.62. The number of rotatable bonds is 5. The van der Waals surface area contributed by atoms with E-state index in [0.29, 0.717) is 0 Å². The highest BCUT2D eigenvalue weighted by atomic mass is 16.6. The molecule has 15 heavy (non-hydrogen) atoms. The van der Waals surface area contributed by atoms with Crippen LogP contribution in [0.1, 0.15) is 39.5 Å². The first-order valence-electron chi connectivity index (χ1n) is 5.62. The fourth-order valence-corrected chi connectivity index (χ4v) is 1.46. The summed E-state index contributed by atoms with van der Waals surface area (Å²) in [6.45, 7) is 4.06. The summed E-state index contributed by atoms with van der Waals surface area (Å²) in [4.78, 5) is 10.8. The zero-order chi connectivity index (χ0) is 11.1. The lowest BCUT2D eigenvalue weighted by molar-refractivity contribution is 0.144. The van der Waals surface area contributed by atoms with Crippen LogP contribution < -0.4 is 5.32 Å². The summed E-state index contributed by atoms with van der Waals surface area (Å²) in [6, 6.07) is -0.0278. The zero-order valence-electron chi connectivity index (χ0n) is 9.45. The van der Waals surface area contributed by atoms with E-state index in [-0.39, 0.29) is 18.2 Å². The molecule has 2 atom stereocenters. The summed E-state index contributed by atoms with van der Waals surface area (Å²) in [5.74, 6) is 0. The smallest absolute Gasteiger partial charge is 0.408 e. The summed E-state index contributed by atoms with van der Waals surface area (Å²) < 4.78 is 4.93. The van der Waals surface area contributed by atoms with E-state index in [1.165, 1.54) is 19.3 Å². The van der Waals surface area contributed by atoms with Gasteiger partial charge < -0.3 is 10.1 Å². The second-order valence-corrected chi connectivity index (χ2v) is 3.81. The molecule has 0 aliphatic carbocycles. The maximum absolute atomic E-state index is 10.8. The standard InChI is InChI=1S/C12H19NO2/c1-3-4-5-6-7-8-9-11-10(2)15-12(14)13-11/h7,9-11H,3-6H2,1-2H3,(H,13,14). The molecule has 0 aromatic carbocycles. The Morgan fingerprint density at radius 3 is 2.93 bits per heavy atom. The molecule has 1 saturated heterocycles. The number of nitrogens with one attached hydrogen (secondary N) is 1. The number of amides is 1. The van der Waals surface area contributed by atoms with Gasteiger partial charge in [0, 0.05) is 0 Å². The molecule has 3 heteroatoms. The Labute approximate surface area is 91.2 Å². The van der Waals surface area contributed by atoms with E-state index in [4.69, 9.17) is 4.74 Å². The second kappa shape index (κ2) is 6.31. The summed E-state index contributed by atoms with van der Waals surface area (Å²) >= 11 is 0. The van der Waals surface area contributed by atoms with Gasteiger partial charge >= 0.3 is 6.09 Å². The summed E-state index contributed by atoms with van der Waals surface area (Å²) in [5, 5.41) is 2.71. The lowest BCUT2D eigenvalue weighted by Gasteiger charge is -2.04. The van der Waals surface area contributed by atoms with Gasteiger partial charge in [0.2, 0.25) is 0 Å². The molecule has 0 radical (unpaired) electrons. The van der Waals surface area contributed by atoms with E-state index in [1.54, 1.807) is 0 Å². The Morgan fingerprint density at radius 1 is 1.53 bits per heavy atom. The largest absolute Gasteiger partial charge is 0.444 e. The minimum atomic E-state index is -0.337. The van der Waals surface area contributed by atoms with Gasteiger partial charge in [-0.05, 0) is 31.9 Å². The van der Waals surface area contributed by atoms with Crippen molar-refractivity contribution >= 4 is 6.09 Å². The van der Waals surface area contributed by atoms with Crippen molar-refractivity contribution in [2.75, 3.05) is 0 Å². The molecular formula is C12H19NO2. The zero-order valence-corrected chi connectivity index (χ0v) is 9.45. The fraction of sp³-hybridized carbons (Fsp3) is 0.667. The van der Waals surface area contributed by atoms with Crippen LogP contribution in [0.2, 0.25) is 0 Å². The number of unbranched alkanes of at least 4 members (excludes halogenated alkanes) is 3. The number of hydrogen-bond donors (Lipinski definition) is 1. The summed E-state index contributed by atoms with van der Waals surface area (Å²) in [5.41, 5.74) is 3.09. The molecule has 84 valence electrons. The second-order valence-electron chi connectivity index (χ2n) is 3.81. The van der Waals surface area contributed by atoms with Crippen LogP contribution in [0.15, 0.2) is 17.9 Å². The lowest BCUT2D eigenvalue weighted by atomic mass is 10.2. The van der Waals surface area contributed by atoms with Gasteiger partial charge in [0.25, 0.3) is 0 Å². The molecular weight excluding hydrogens is 190 g/mol. The number of ether oxygens (including phenoxy) is 1. The predicted molar refractivity (Wildman–Crippen MR) is 59.7 cm³/mol. The van der Waals surface area contributed by atoms with Crippen LogP contribution in [0, 0.1) is 0 Å². The van der Waals surface area contributed by atoms with E-state index in [1.807, 2.05) is 19.1 Å². The predicted octanol–water partition coefficient (Wildman–Crippen LogP) is 2.77. The van der Waals surface area contributed by atoms with Crippen molar-refractivity contribution in [1.29, 1.82) is 0 Å². The molecule has 0 aromatic rings. The van der Waals surface area contributed by atoms with Crippen molar-refractivity contribution < 1.29 is 9.53 Å². The maximum Gasteiger partial charge on any atom is 0.408 e. The number of alkyl carbamates (subject to hydrolysis) is 1. The van der Waals surface area contributed by atoms with Crippen LogP contribution in [-0.2, 0) is 4.74 Å². The van der Waals surface area contributed by atoms with Crippen LogP contribution in [-0.4, -0.2) is 18.2 Å². The van der Waals surface area contributed by atoms with Crippen molar-refractivity contribution in [1.82, 2.24) is 5.32 Å². The van der Waals surface area contributed by atoms with Crippen LogP contribution in [0.25, 0.3) is 0 Å². The Bertz CT molecular complexity index is 267. The van der Waals surface area contributed by atoms with Crippen LogP contribution in [0.5, 0.6) is 0 Å². The van der Waals surface area contributed by atoms with E-state index in [2.05, 4.69) is 18.0 Å². The molecule has 3 nitrogen and oxygen atoms in total. The monoisotopic (exact) mass is 209 g/mol. The number of carbonyl (C=O) groups is 1. The number of hydrogen-bond acceptors (Lipinski definition) is 2. The molecule has 1 N–H and O–H groups in total. The molecule has 1 aliphatic heterocycles. The third-order valence-corrected chi connectivity index (χ3v) is 2.43. The minimum absolute atomic E-state index is 0.0278. The van der Waals surface area contributed by atoms with Crippen LogP contribution in [0.3, 0.4) is 0 Å². The highest BCUT2D eigenvalue weighted by Crippen LogP contribution is 2.08. The van der Waals surface area contributed by atoms with Gasteiger partial charge in [-0.3, -0.25) is 0 Å². The molecule has 0 aromatic heterocycles. The van der Waals surface area contributed by atoms with Gasteiger partial charge in [0.05, 0.1) is 6.04 Å². The molecule has 2 unspecified atom stereocenters. The molecule has 1 heterocycles. The van der Waals surface area contributed by atoms with Crippen molar-refractivity contribution in [2.24, 2.45) is 0 Å². The third-order valence-electron chi connectivity index (χ3n) is 2.43. The van der Waals surface area contributed by atoms with Gasteiger partial charge in [0.1, 0.15) is 6.10 Å². The Hall–Kier alpha value is -1.21. The quantitative estimate of drug-likeness (QED) is 0.558. The molecule has 0 bridgehead atoms. The highest BCUT2D eigenvalue weighted by Gasteiger charge is 2.27. The van der Waals surface area contributed by atoms with Crippen LogP contribution in [0.4, 0.5) is 4.79 Å². The SMILES string of the molecule is CCCCCC=C=CC1NC(=O)OC1C. The van der Waals surface area contributed by atoms with E-state index >= 15 is 0 Å². The van der Waals surface area contributed by atoms with Crippen molar-refractivity contribution in [3.05, 3.63) is 17.9 Å². The summed E-state index contributed by atoms with van der Waals surface area (Å²) in [7, 11) is 0. The Morgan fingerprint density at radius 2 is 2.33 bits per heavy atom. The molecule has 1 rings (SSSR count). The van der Waals surface area contributed by atoms with Gasteiger partial charge in [-0.1, -0.05) is 19.8 Å². The molecule has 0 saturated carbocycles. The Balaban J connectivity index is 2.27. The van der Waals surface area contributed by atoms with Crippen LogP contribution >= 0.6 is 0 Å². The average Bonchev–Trinajstić information content (AvgIpc) is 2.51. The van der Waals surface area contributed by atoms with E-state index in [0.717, 1.165) is 6.42 Å². The first kappa shape index (κ1) is 11.9. The minimum Gasteiger partial charge on any atom is -0.444 e. The van der Waals surface area contributed by atoms with Crippen molar-refractivity contribution in [2.45, 2.75) is 51.7 Å². The lowest BCUT2D eigenvalue weighted by Crippen LogP contribution is -2.27. The van der Waals surface area contributed by atoms with Gasteiger partial charge in [-0.25, -0.2) is 4.79 Å². The fourth-order valence-electron chi connectivity index (χ4n) is 1.46. The Kier molecular flexibility index (Phi) is 4.99. The molecule has 1 amide bonds. The highest BCUT2D eigenvalue weighted by molar-refractivity contribution is 5.70.